The van der Waals surface area contributed by atoms with Gasteiger partial charge in [0.2, 0.25) is 0 Å². The van der Waals surface area contributed by atoms with Gasteiger partial charge in [0.25, 0.3) is 5.69 Å². The largest absolute Gasteiger partial charge is 0.490 e. The Hall–Kier alpha value is -1.78. The molecule has 5 nitrogen and oxygen atoms in total. The Morgan fingerprint density at radius 1 is 0.645 bits per heavy atom. The van der Waals surface area contributed by atoms with Crippen LogP contribution in [0.25, 0.3) is 0 Å². The maximum Gasteiger partial charge on any atom is 0.273 e. The molecule has 178 valence electrons. The molecule has 0 radical (unpaired) electrons. The molecule has 0 aliphatic rings. The third-order valence-corrected chi connectivity index (χ3v) is 5.65. The molecule has 1 rings (SSSR count). The number of unbranched alkanes of at least 4 members (excludes halogenated alkanes) is 14. The molecule has 0 aromatic heterocycles. The number of rotatable bonds is 21. The number of hydrogen-bond donors (Lipinski definition) is 0. The van der Waals surface area contributed by atoms with Gasteiger partial charge >= 0.3 is 0 Å². The van der Waals surface area contributed by atoms with Crippen LogP contribution in [-0.2, 0) is 0 Å². The molecular weight excluding hydrogens is 390 g/mol. The van der Waals surface area contributed by atoms with Crippen molar-refractivity contribution < 1.29 is 14.4 Å². The summed E-state index contributed by atoms with van der Waals surface area (Å²) in [6, 6.07) is 4.66. The summed E-state index contributed by atoms with van der Waals surface area (Å²) in [7, 11) is 0. The summed E-state index contributed by atoms with van der Waals surface area (Å²) in [5, 5.41) is 11.1. The monoisotopic (exact) mass is 435 g/mol. The molecule has 0 aliphatic carbocycles. The van der Waals surface area contributed by atoms with E-state index in [0.29, 0.717) is 24.7 Å². The second kappa shape index (κ2) is 18.9. The number of benzene rings is 1. The van der Waals surface area contributed by atoms with Crippen LogP contribution in [0.2, 0.25) is 0 Å². The van der Waals surface area contributed by atoms with E-state index in [9.17, 15) is 10.1 Å². The van der Waals surface area contributed by atoms with Crippen LogP contribution in [0.5, 0.6) is 11.5 Å². The highest BCUT2D eigenvalue weighted by Gasteiger charge is 2.13. The molecule has 0 bridgehead atoms. The van der Waals surface area contributed by atoms with Crippen LogP contribution in [0.3, 0.4) is 0 Å². The summed E-state index contributed by atoms with van der Waals surface area (Å²) in [5.41, 5.74) is 0.0466. The van der Waals surface area contributed by atoms with Crippen molar-refractivity contribution in [1.82, 2.24) is 0 Å². The lowest BCUT2D eigenvalue weighted by molar-refractivity contribution is -0.385. The van der Waals surface area contributed by atoms with Gasteiger partial charge in [-0.05, 0) is 18.9 Å². The Kier molecular flexibility index (Phi) is 16.7. The second-order valence-electron chi connectivity index (χ2n) is 8.53. The van der Waals surface area contributed by atoms with E-state index in [4.69, 9.17) is 9.47 Å². The van der Waals surface area contributed by atoms with Crippen LogP contribution in [0.4, 0.5) is 5.69 Å². The van der Waals surface area contributed by atoms with Crippen molar-refractivity contribution in [3.63, 3.8) is 0 Å². The van der Waals surface area contributed by atoms with Crippen molar-refractivity contribution in [3.8, 4) is 11.5 Å². The molecule has 0 N–H and O–H groups in total. The summed E-state index contributed by atoms with van der Waals surface area (Å²) in [4.78, 5) is 10.7. The highest BCUT2D eigenvalue weighted by molar-refractivity contribution is 5.48. The van der Waals surface area contributed by atoms with Crippen molar-refractivity contribution in [2.75, 3.05) is 13.2 Å². The summed E-state index contributed by atoms with van der Waals surface area (Å²) in [6.45, 7) is 5.67. The van der Waals surface area contributed by atoms with Gasteiger partial charge in [-0.2, -0.15) is 0 Å². The van der Waals surface area contributed by atoms with Gasteiger partial charge in [0.15, 0.2) is 11.5 Å². The molecule has 1 aromatic rings. The molecule has 1 aromatic carbocycles. The molecule has 0 fully saturated rings. The third-order valence-electron chi connectivity index (χ3n) is 5.65. The van der Waals surface area contributed by atoms with Crippen molar-refractivity contribution >= 4 is 5.69 Å². The maximum absolute atomic E-state index is 11.1. The summed E-state index contributed by atoms with van der Waals surface area (Å²) in [5.74, 6) is 1.12. The first-order valence-electron chi connectivity index (χ1n) is 12.7. The van der Waals surface area contributed by atoms with Gasteiger partial charge in [0, 0.05) is 6.07 Å². The van der Waals surface area contributed by atoms with Crippen LogP contribution in [0.15, 0.2) is 18.2 Å². The maximum atomic E-state index is 11.1. The van der Waals surface area contributed by atoms with E-state index in [0.717, 1.165) is 25.7 Å². The van der Waals surface area contributed by atoms with Gasteiger partial charge in [-0.1, -0.05) is 104 Å². The van der Waals surface area contributed by atoms with Crippen LogP contribution in [0.1, 0.15) is 117 Å². The highest BCUT2D eigenvalue weighted by Crippen LogP contribution is 2.32. The normalized spacial score (nSPS) is 10.9. The first-order valence-corrected chi connectivity index (χ1v) is 12.7. The predicted octanol–water partition coefficient (Wildman–Crippen LogP) is 8.63. The first kappa shape index (κ1) is 27.3. The van der Waals surface area contributed by atoms with Crippen molar-refractivity contribution in [2.24, 2.45) is 0 Å². The van der Waals surface area contributed by atoms with Gasteiger partial charge in [-0.3, -0.25) is 10.1 Å². The molecule has 0 atom stereocenters. The minimum atomic E-state index is -0.383. The molecule has 0 saturated heterocycles. The Morgan fingerprint density at radius 3 is 1.52 bits per heavy atom. The fraction of sp³-hybridized carbons (Fsp3) is 0.769. The Bertz CT molecular complexity index is 577. The lowest BCUT2D eigenvalue weighted by atomic mass is 10.1. The fourth-order valence-electron chi connectivity index (χ4n) is 3.68. The zero-order valence-corrected chi connectivity index (χ0v) is 20.0. The van der Waals surface area contributed by atoms with Crippen LogP contribution >= 0.6 is 0 Å². The second-order valence-corrected chi connectivity index (χ2v) is 8.53. The summed E-state index contributed by atoms with van der Waals surface area (Å²) < 4.78 is 11.8. The van der Waals surface area contributed by atoms with Gasteiger partial charge in [-0.15, -0.1) is 0 Å². The van der Waals surface area contributed by atoms with Crippen molar-refractivity contribution in [1.29, 1.82) is 0 Å². The number of nitrogens with zero attached hydrogens (tertiary/aromatic N) is 1. The minimum Gasteiger partial charge on any atom is -0.490 e. The average Bonchev–Trinajstić information content (AvgIpc) is 2.77. The Balaban J connectivity index is 2.30. The quantitative estimate of drug-likeness (QED) is 0.110. The smallest absolute Gasteiger partial charge is 0.273 e. The SMILES string of the molecule is CCCCCCCCCCOc1ccc([N+](=O)[O-])cc1OCCCCCCCCCC. The van der Waals surface area contributed by atoms with E-state index in [-0.39, 0.29) is 10.6 Å². The average molecular weight is 436 g/mol. The lowest BCUT2D eigenvalue weighted by Crippen LogP contribution is -2.03. The third kappa shape index (κ3) is 14.0. The van der Waals surface area contributed by atoms with Crippen LogP contribution in [0, 0.1) is 10.1 Å². The van der Waals surface area contributed by atoms with Crippen molar-refractivity contribution in [2.45, 2.75) is 117 Å². The van der Waals surface area contributed by atoms with Gasteiger partial charge in [0.05, 0.1) is 24.2 Å². The Labute approximate surface area is 190 Å². The molecule has 0 spiro atoms. The Morgan fingerprint density at radius 2 is 1.06 bits per heavy atom. The number of nitro benzene ring substituents is 1. The van der Waals surface area contributed by atoms with Crippen LogP contribution in [-0.4, -0.2) is 18.1 Å². The topological polar surface area (TPSA) is 61.6 Å². The van der Waals surface area contributed by atoms with Crippen molar-refractivity contribution in [3.05, 3.63) is 28.3 Å². The lowest BCUT2D eigenvalue weighted by Gasteiger charge is -2.13. The standard InChI is InChI=1S/C26H45NO4/c1-3-5-7-9-11-13-15-17-21-30-25-20-19-24(27(28)29)23-26(25)31-22-18-16-14-12-10-8-6-4-2/h19-20,23H,3-18,21-22H2,1-2H3. The molecule has 0 amide bonds. The summed E-state index contributed by atoms with van der Waals surface area (Å²) >= 11 is 0. The molecule has 0 heterocycles. The van der Waals surface area contributed by atoms with Gasteiger partial charge in [0.1, 0.15) is 0 Å². The molecule has 31 heavy (non-hydrogen) atoms. The predicted molar refractivity (Wildman–Crippen MR) is 129 cm³/mol. The number of hydrogen-bond acceptors (Lipinski definition) is 4. The zero-order valence-electron chi connectivity index (χ0n) is 20.0. The minimum absolute atomic E-state index is 0.0466. The van der Waals surface area contributed by atoms with E-state index in [1.165, 1.54) is 89.2 Å². The highest BCUT2D eigenvalue weighted by atomic mass is 16.6. The van der Waals surface area contributed by atoms with Crippen LogP contribution < -0.4 is 9.47 Å². The fourth-order valence-corrected chi connectivity index (χ4v) is 3.68. The number of nitro groups is 1. The van der Waals surface area contributed by atoms with E-state index in [1.807, 2.05) is 0 Å². The molecule has 5 heteroatoms. The summed E-state index contributed by atoms with van der Waals surface area (Å²) in [6.07, 6.45) is 19.9. The number of non-ortho nitro benzene ring substituents is 1. The first-order chi connectivity index (χ1) is 15.2. The van der Waals surface area contributed by atoms with Gasteiger partial charge in [-0.25, -0.2) is 0 Å². The molecule has 0 unspecified atom stereocenters. The van der Waals surface area contributed by atoms with E-state index in [1.54, 1.807) is 6.07 Å². The molecule has 0 aliphatic heterocycles. The number of ether oxygens (including phenoxy) is 2. The van der Waals surface area contributed by atoms with Gasteiger partial charge < -0.3 is 9.47 Å². The van der Waals surface area contributed by atoms with E-state index < -0.39 is 0 Å². The molecular formula is C26H45NO4. The zero-order chi connectivity index (χ0) is 22.6. The van der Waals surface area contributed by atoms with E-state index in [2.05, 4.69) is 13.8 Å². The molecule has 0 saturated carbocycles. The van der Waals surface area contributed by atoms with E-state index >= 15 is 0 Å².